The van der Waals surface area contributed by atoms with Crippen LogP contribution >= 0.6 is 23.2 Å². The van der Waals surface area contributed by atoms with Crippen molar-refractivity contribution in [3.05, 3.63) is 81.3 Å². The van der Waals surface area contributed by atoms with E-state index in [9.17, 15) is 19.5 Å². The Bertz CT molecular complexity index is 1660. The first-order chi connectivity index (χ1) is 22.4. The molecule has 47 heavy (non-hydrogen) atoms. The minimum atomic E-state index is -0.925. The first kappa shape index (κ1) is 34.0. The van der Waals surface area contributed by atoms with Crippen LogP contribution in [0.15, 0.2) is 54.6 Å². The molecule has 0 bridgehead atoms. The van der Waals surface area contributed by atoms with Crippen LogP contribution in [-0.2, 0) is 29.1 Å². The maximum atomic E-state index is 14.3. The third kappa shape index (κ3) is 6.99. The summed E-state index contributed by atoms with van der Waals surface area (Å²) in [4.78, 5) is 46.9. The number of methoxy groups -OCH3 is 2. The van der Waals surface area contributed by atoms with Crippen LogP contribution < -0.4 is 19.7 Å². The molecule has 2 aliphatic heterocycles. The molecule has 14 heteroatoms. The highest BCUT2D eigenvalue weighted by molar-refractivity contribution is 6.36. The third-order valence-corrected chi connectivity index (χ3v) is 8.85. The number of urea groups is 1. The molecular formula is C33H38Cl2N6O6. The number of hydrogen-bond donors (Lipinski definition) is 2. The molecule has 0 spiro atoms. The van der Waals surface area contributed by atoms with Gasteiger partial charge in [-0.2, -0.15) is 0 Å². The summed E-state index contributed by atoms with van der Waals surface area (Å²) in [6.07, 6.45) is -0.653. The summed E-state index contributed by atoms with van der Waals surface area (Å²) in [5, 5.41) is 16.7. The lowest BCUT2D eigenvalue weighted by Crippen LogP contribution is -2.76. The minimum Gasteiger partial charge on any atom is -0.508 e. The van der Waals surface area contributed by atoms with Gasteiger partial charge in [0.2, 0.25) is 11.8 Å². The Labute approximate surface area is 283 Å². The Morgan fingerprint density at radius 2 is 1.77 bits per heavy atom. The number of aromatic hydroxyl groups is 1. The molecule has 4 amide bonds. The molecular weight excluding hydrogens is 647 g/mol. The number of nitrogens with zero attached hydrogens (tertiary/aromatic N) is 5. The number of amides is 4. The zero-order chi connectivity index (χ0) is 34.0. The van der Waals surface area contributed by atoms with Crippen LogP contribution in [0.3, 0.4) is 0 Å². The number of hydrogen-bond acceptors (Lipinski definition) is 8. The van der Waals surface area contributed by atoms with Crippen LogP contribution in [0, 0.1) is 0 Å². The number of carbonyl (C=O) groups is 3. The van der Waals surface area contributed by atoms with E-state index >= 15 is 0 Å². The third-order valence-electron chi connectivity index (χ3n) is 8.34. The number of phenols is 1. The number of likely N-dealkylation sites (N-methyl/N-ethyl adjacent to an activating group) is 1. The van der Waals surface area contributed by atoms with Gasteiger partial charge in [-0.25, -0.2) is 14.8 Å². The number of para-hydroxylation sites is 1. The zero-order valence-corrected chi connectivity index (χ0v) is 28.4. The maximum Gasteiger partial charge on any atom is 0.334 e. The van der Waals surface area contributed by atoms with Crippen molar-refractivity contribution in [1.82, 2.24) is 25.1 Å². The van der Waals surface area contributed by atoms with E-state index in [0.717, 1.165) is 5.56 Å². The van der Waals surface area contributed by atoms with Gasteiger partial charge in [0.05, 0.1) is 38.0 Å². The molecule has 2 fully saturated rings. The fourth-order valence-corrected chi connectivity index (χ4v) is 7.00. The second-order valence-electron chi connectivity index (χ2n) is 11.6. The van der Waals surface area contributed by atoms with Crippen molar-refractivity contribution >= 4 is 46.7 Å². The normalized spacial score (nSPS) is 18.2. The van der Waals surface area contributed by atoms with E-state index in [-0.39, 0.29) is 50.2 Å². The molecule has 2 saturated heterocycles. The molecule has 0 saturated carbocycles. The van der Waals surface area contributed by atoms with Crippen LogP contribution in [0.5, 0.6) is 17.2 Å². The van der Waals surface area contributed by atoms with E-state index in [1.807, 2.05) is 25.1 Å². The lowest BCUT2D eigenvalue weighted by molar-refractivity contribution is -0.187. The van der Waals surface area contributed by atoms with E-state index in [0.29, 0.717) is 38.4 Å². The number of phenolic OH excluding ortho intramolecular Hbond substituents is 1. The molecule has 0 unspecified atom stereocenters. The van der Waals surface area contributed by atoms with Gasteiger partial charge in [0, 0.05) is 51.2 Å². The summed E-state index contributed by atoms with van der Waals surface area (Å²) in [5.74, 6) is 0.549. The number of carbonyl (C=O) groups excluding carboxylic acids is 3. The maximum absolute atomic E-state index is 14.3. The van der Waals surface area contributed by atoms with E-state index in [1.54, 1.807) is 53.4 Å². The predicted octanol–water partition coefficient (Wildman–Crippen LogP) is 3.96. The van der Waals surface area contributed by atoms with Crippen molar-refractivity contribution in [3.8, 4) is 17.2 Å². The minimum absolute atomic E-state index is 0.0356. The average Bonchev–Trinajstić information content (AvgIpc) is 3.02. The molecule has 0 radical (unpaired) electrons. The smallest absolute Gasteiger partial charge is 0.334 e. The molecule has 0 aliphatic carbocycles. The summed E-state index contributed by atoms with van der Waals surface area (Å²) in [6.45, 7) is 0.183. The Balaban J connectivity index is 1.50. The Morgan fingerprint density at radius 1 is 1.04 bits per heavy atom. The molecule has 250 valence electrons. The Kier molecular flexibility index (Phi) is 10.2. The Hall–Kier alpha value is -4.39. The monoisotopic (exact) mass is 684 g/mol. The van der Waals surface area contributed by atoms with Gasteiger partial charge in [-0.3, -0.25) is 9.59 Å². The van der Waals surface area contributed by atoms with E-state index in [4.69, 9.17) is 32.7 Å². The number of anilines is 1. The predicted molar refractivity (Wildman–Crippen MR) is 179 cm³/mol. The number of halogens is 2. The molecule has 2 atom stereocenters. The molecule has 0 aromatic heterocycles. The van der Waals surface area contributed by atoms with Crippen molar-refractivity contribution in [3.63, 3.8) is 0 Å². The highest BCUT2D eigenvalue weighted by Crippen LogP contribution is 2.36. The van der Waals surface area contributed by atoms with Gasteiger partial charge in [0.15, 0.2) is 11.5 Å². The summed E-state index contributed by atoms with van der Waals surface area (Å²) in [7, 11) is 8.44. The first-order valence-electron chi connectivity index (χ1n) is 14.9. The SMILES string of the molecule is COc1cccc(CNC(=O)N2[C@H]3CN(Cc4cc(Cl)cc(Cl)c4N(C)C)C(=O)[C@H](Cc4ccc(O)cc4)N3C(=O)CN2C)c1OC. The number of benzene rings is 3. The number of rotatable bonds is 9. The van der Waals surface area contributed by atoms with Gasteiger partial charge in [0.1, 0.15) is 18.0 Å². The van der Waals surface area contributed by atoms with Crippen molar-refractivity contribution in [2.75, 3.05) is 53.4 Å². The summed E-state index contributed by atoms with van der Waals surface area (Å²) in [5.41, 5.74) is 2.87. The molecule has 2 aliphatic rings. The fraction of sp³-hybridized carbons (Fsp3) is 0.364. The van der Waals surface area contributed by atoms with Gasteiger partial charge >= 0.3 is 6.03 Å². The van der Waals surface area contributed by atoms with Crippen LogP contribution in [0.2, 0.25) is 10.0 Å². The van der Waals surface area contributed by atoms with Crippen molar-refractivity contribution in [1.29, 1.82) is 0 Å². The second kappa shape index (κ2) is 14.2. The van der Waals surface area contributed by atoms with Crippen LogP contribution in [0.1, 0.15) is 16.7 Å². The number of ether oxygens (including phenoxy) is 2. The van der Waals surface area contributed by atoms with Crippen LogP contribution in [0.25, 0.3) is 0 Å². The van der Waals surface area contributed by atoms with Crippen LogP contribution in [0.4, 0.5) is 10.5 Å². The number of fused-ring (bicyclic) bond motifs is 1. The zero-order valence-electron chi connectivity index (χ0n) is 26.9. The van der Waals surface area contributed by atoms with Crippen molar-refractivity contribution < 1.29 is 29.0 Å². The summed E-state index contributed by atoms with van der Waals surface area (Å²) < 4.78 is 10.9. The lowest BCUT2D eigenvalue weighted by Gasteiger charge is -2.54. The average molecular weight is 686 g/mol. The lowest BCUT2D eigenvalue weighted by atomic mass is 9.98. The molecule has 2 N–H and O–H groups in total. The van der Waals surface area contributed by atoms with Crippen molar-refractivity contribution in [2.45, 2.75) is 31.7 Å². The van der Waals surface area contributed by atoms with Crippen molar-refractivity contribution in [2.24, 2.45) is 0 Å². The quantitative estimate of drug-likeness (QED) is 0.348. The van der Waals surface area contributed by atoms with Gasteiger partial charge in [0.25, 0.3) is 0 Å². The number of piperazine rings is 1. The molecule has 12 nitrogen and oxygen atoms in total. The van der Waals surface area contributed by atoms with E-state index in [2.05, 4.69) is 5.32 Å². The standard InChI is InChI=1S/C33H38Cl2N6O6/c1-37(2)30-22(14-23(34)15-25(30)35)17-39-18-28-40(26(32(39)44)13-20-9-11-24(42)12-10-20)29(43)19-38(3)41(28)33(45)36-16-21-7-6-8-27(46-4)31(21)47-5/h6-12,14-15,26,28,42H,13,16-19H2,1-5H3,(H,36,45)/t26-,28-/m0/s1. The van der Waals surface area contributed by atoms with E-state index < -0.39 is 18.2 Å². The number of hydrazine groups is 1. The number of nitrogens with one attached hydrogen (secondary N) is 1. The summed E-state index contributed by atoms with van der Waals surface area (Å²) in [6, 6.07) is 13.9. The topological polar surface area (TPSA) is 118 Å². The molecule has 5 rings (SSSR count). The van der Waals surface area contributed by atoms with E-state index in [1.165, 1.54) is 36.3 Å². The molecule has 2 heterocycles. The molecule has 3 aromatic carbocycles. The van der Waals surface area contributed by atoms with Gasteiger partial charge in [-0.15, -0.1) is 0 Å². The van der Waals surface area contributed by atoms with Gasteiger partial charge in [-0.05, 0) is 41.5 Å². The van der Waals surface area contributed by atoms with Gasteiger partial charge < -0.3 is 34.6 Å². The molecule has 3 aromatic rings. The Morgan fingerprint density at radius 3 is 2.43 bits per heavy atom. The van der Waals surface area contributed by atoms with Crippen LogP contribution in [-0.4, -0.2) is 103 Å². The fourth-order valence-electron chi connectivity index (χ4n) is 6.29. The largest absolute Gasteiger partial charge is 0.508 e. The highest BCUT2D eigenvalue weighted by atomic mass is 35.5. The second-order valence-corrected chi connectivity index (χ2v) is 12.5. The summed E-state index contributed by atoms with van der Waals surface area (Å²) >= 11 is 13.0. The first-order valence-corrected chi connectivity index (χ1v) is 15.7. The van der Waals surface area contributed by atoms with Gasteiger partial charge in [-0.1, -0.05) is 47.5 Å². The highest BCUT2D eigenvalue weighted by Gasteiger charge is 2.50.